The molecule has 1 amide bonds. The summed E-state index contributed by atoms with van der Waals surface area (Å²) in [7, 11) is -3.59. The molecule has 0 unspecified atom stereocenters. The average Bonchev–Trinajstić information content (AvgIpc) is 3.35. The molecule has 1 fully saturated rings. The number of rotatable bonds is 8. The molecule has 6 nitrogen and oxygen atoms in total. The van der Waals surface area contributed by atoms with Gasteiger partial charge in [-0.1, -0.05) is 11.6 Å². The molecule has 9 heteroatoms. The fourth-order valence-electron chi connectivity index (χ4n) is 2.82. The zero-order valence-corrected chi connectivity index (χ0v) is 17.1. The first-order valence-electron chi connectivity index (χ1n) is 8.66. The number of thioether (sulfide) groups is 1. The molecule has 2 aromatic rings. The third kappa shape index (κ3) is 5.07. The van der Waals surface area contributed by atoms with Crippen molar-refractivity contribution in [3.63, 3.8) is 0 Å². The predicted octanol–water partition coefficient (Wildman–Crippen LogP) is 3.38. The Labute approximate surface area is 168 Å². The van der Waals surface area contributed by atoms with Crippen LogP contribution in [0.5, 0.6) is 0 Å². The van der Waals surface area contributed by atoms with Crippen LogP contribution >= 0.6 is 23.4 Å². The second-order valence-electron chi connectivity index (χ2n) is 6.14. The molecule has 27 heavy (non-hydrogen) atoms. The maximum Gasteiger partial charge on any atom is 0.252 e. The monoisotopic (exact) mass is 428 g/mol. The Morgan fingerprint density at radius 1 is 1.26 bits per heavy atom. The van der Waals surface area contributed by atoms with E-state index in [4.69, 9.17) is 16.0 Å². The standard InChI is InChI=1S/C18H21ClN2O4S2/c19-17-6-5-15(27(23,24)21-8-1-2-9-21)12-16(17)18(22)20-7-11-26-13-14-4-3-10-25-14/h3-6,10,12H,1-2,7-9,11,13H2,(H,20,22). The van der Waals surface area contributed by atoms with Gasteiger partial charge in [-0.2, -0.15) is 16.1 Å². The zero-order chi connectivity index (χ0) is 19.3. The Hall–Kier alpha value is -1.48. The van der Waals surface area contributed by atoms with Crippen LogP contribution in [0.15, 0.2) is 45.9 Å². The lowest BCUT2D eigenvalue weighted by Crippen LogP contribution is -2.29. The molecular formula is C18H21ClN2O4S2. The molecule has 0 saturated carbocycles. The van der Waals surface area contributed by atoms with Crippen LogP contribution in [0, 0.1) is 0 Å². The molecule has 146 valence electrons. The number of sulfonamides is 1. The first kappa shape index (κ1) is 20.3. The number of furan rings is 1. The molecule has 0 aliphatic carbocycles. The molecule has 0 atom stereocenters. The molecule has 1 aromatic carbocycles. The van der Waals surface area contributed by atoms with E-state index < -0.39 is 10.0 Å². The minimum absolute atomic E-state index is 0.103. The number of nitrogens with zero attached hydrogens (tertiary/aromatic N) is 1. The van der Waals surface area contributed by atoms with Gasteiger partial charge in [-0.15, -0.1) is 0 Å². The Balaban J connectivity index is 1.59. The summed E-state index contributed by atoms with van der Waals surface area (Å²) in [6, 6.07) is 8.01. The third-order valence-corrected chi connectivity index (χ3v) is 7.45. The van der Waals surface area contributed by atoms with E-state index in [1.54, 1.807) is 18.0 Å². The molecule has 1 saturated heterocycles. The minimum atomic E-state index is -3.59. The highest BCUT2D eigenvalue weighted by molar-refractivity contribution is 7.98. The largest absolute Gasteiger partial charge is 0.468 e. The molecule has 3 rings (SSSR count). The summed E-state index contributed by atoms with van der Waals surface area (Å²) >= 11 is 7.75. The maximum atomic E-state index is 12.7. The summed E-state index contributed by atoms with van der Waals surface area (Å²) in [5, 5.41) is 3.02. The highest BCUT2D eigenvalue weighted by Gasteiger charge is 2.28. The topological polar surface area (TPSA) is 79.6 Å². The first-order valence-corrected chi connectivity index (χ1v) is 11.6. The Morgan fingerprint density at radius 2 is 2.04 bits per heavy atom. The van der Waals surface area contributed by atoms with Gasteiger partial charge in [0.05, 0.1) is 27.5 Å². The smallest absolute Gasteiger partial charge is 0.252 e. The first-order chi connectivity index (χ1) is 13.0. The lowest BCUT2D eigenvalue weighted by atomic mass is 10.2. The van der Waals surface area contributed by atoms with Crippen molar-refractivity contribution >= 4 is 39.3 Å². The molecule has 1 aromatic heterocycles. The fourth-order valence-corrected chi connectivity index (χ4v) is 5.32. The van der Waals surface area contributed by atoms with Crippen molar-refractivity contribution in [2.45, 2.75) is 23.5 Å². The summed E-state index contributed by atoms with van der Waals surface area (Å²) in [6.45, 7) is 1.47. The number of halogens is 1. The van der Waals surface area contributed by atoms with E-state index in [0.29, 0.717) is 25.4 Å². The van der Waals surface area contributed by atoms with Gasteiger partial charge < -0.3 is 9.73 Å². The number of carbonyl (C=O) groups is 1. The van der Waals surface area contributed by atoms with Gasteiger partial charge in [0.2, 0.25) is 10.0 Å². The predicted molar refractivity (Wildman–Crippen MR) is 107 cm³/mol. The van der Waals surface area contributed by atoms with Gasteiger partial charge in [0, 0.05) is 25.4 Å². The van der Waals surface area contributed by atoms with Gasteiger partial charge >= 0.3 is 0 Å². The van der Waals surface area contributed by atoms with Crippen molar-refractivity contribution in [3.05, 3.63) is 52.9 Å². The van der Waals surface area contributed by atoms with Crippen LogP contribution in [0.2, 0.25) is 5.02 Å². The van der Waals surface area contributed by atoms with Crippen LogP contribution in [-0.4, -0.2) is 44.0 Å². The number of carbonyl (C=O) groups excluding carboxylic acids is 1. The third-order valence-electron chi connectivity index (χ3n) is 4.24. The van der Waals surface area contributed by atoms with Crippen molar-refractivity contribution in [1.29, 1.82) is 0 Å². The van der Waals surface area contributed by atoms with Crippen LogP contribution in [0.25, 0.3) is 0 Å². The van der Waals surface area contributed by atoms with E-state index >= 15 is 0 Å². The quantitative estimate of drug-likeness (QED) is 0.652. The van der Waals surface area contributed by atoms with E-state index in [-0.39, 0.29) is 21.4 Å². The van der Waals surface area contributed by atoms with Crippen molar-refractivity contribution in [1.82, 2.24) is 9.62 Å². The van der Waals surface area contributed by atoms with Crippen LogP contribution in [0.1, 0.15) is 29.0 Å². The van der Waals surface area contributed by atoms with Gasteiger partial charge in [-0.05, 0) is 43.2 Å². The summed E-state index contributed by atoms with van der Waals surface area (Å²) < 4.78 is 32.0. The van der Waals surface area contributed by atoms with Crippen LogP contribution in [-0.2, 0) is 15.8 Å². The Bertz CT molecular complexity index is 879. The van der Waals surface area contributed by atoms with Gasteiger partial charge in [-0.25, -0.2) is 8.42 Å². The normalized spacial score (nSPS) is 15.1. The van der Waals surface area contributed by atoms with Crippen molar-refractivity contribution in [2.24, 2.45) is 0 Å². The summed E-state index contributed by atoms with van der Waals surface area (Å²) in [6.07, 6.45) is 3.34. The van der Waals surface area contributed by atoms with Gasteiger partial charge in [0.1, 0.15) is 5.76 Å². The maximum absolute atomic E-state index is 12.7. The molecule has 1 N–H and O–H groups in total. The van der Waals surface area contributed by atoms with Gasteiger partial charge in [0.25, 0.3) is 5.91 Å². The highest BCUT2D eigenvalue weighted by atomic mass is 35.5. The van der Waals surface area contributed by atoms with Crippen molar-refractivity contribution in [2.75, 3.05) is 25.4 Å². The van der Waals surface area contributed by atoms with Crippen molar-refractivity contribution in [3.8, 4) is 0 Å². The van der Waals surface area contributed by atoms with Gasteiger partial charge in [-0.3, -0.25) is 4.79 Å². The summed E-state index contributed by atoms with van der Waals surface area (Å²) in [5.41, 5.74) is 0.174. The number of nitrogens with one attached hydrogen (secondary N) is 1. The van der Waals surface area contributed by atoms with Crippen molar-refractivity contribution < 1.29 is 17.6 Å². The highest BCUT2D eigenvalue weighted by Crippen LogP contribution is 2.25. The number of hydrogen-bond acceptors (Lipinski definition) is 5. The van der Waals surface area contributed by atoms with Gasteiger partial charge in [0.15, 0.2) is 0 Å². The lowest BCUT2D eigenvalue weighted by molar-refractivity contribution is 0.0956. The fraction of sp³-hybridized carbons (Fsp3) is 0.389. The number of amides is 1. The molecule has 0 spiro atoms. The van der Waals surface area contributed by atoms with E-state index in [0.717, 1.165) is 24.4 Å². The molecule has 0 bridgehead atoms. The van der Waals surface area contributed by atoms with E-state index in [1.165, 1.54) is 22.5 Å². The average molecular weight is 429 g/mol. The molecule has 1 aliphatic heterocycles. The Kier molecular flexibility index (Phi) is 6.86. The second kappa shape index (κ2) is 9.14. The molecule has 1 aliphatic rings. The zero-order valence-electron chi connectivity index (χ0n) is 14.7. The van der Waals surface area contributed by atoms with Crippen LogP contribution < -0.4 is 5.32 Å². The number of benzene rings is 1. The van der Waals surface area contributed by atoms with Crippen LogP contribution in [0.4, 0.5) is 0 Å². The molecule has 0 radical (unpaired) electrons. The minimum Gasteiger partial charge on any atom is -0.468 e. The molecule has 2 heterocycles. The van der Waals surface area contributed by atoms with E-state index in [1.807, 2.05) is 12.1 Å². The van der Waals surface area contributed by atoms with E-state index in [9.17, 15) is 13.2 Å². The Morgan fingerprint density at radius 3 is 2.74 bits per heavy atom. The molecular weight excluding hydrogens is 408 g/mol. The summed E-state index contributed by atoms with van der Waals surface area (Å²) in [4.78, 5) is 12.5. The van der Waals surface area contributed by atoms with Crippen LogP contribution in [0.3, 0.4) is 0 Å². The number of hydrogen-bond donors (Lipinski definition) is 1. The second-order valence-corrected chi connectivity index (χ2v) is 9.59. The summed E-state index contributed by atoms with van der Waals surface area (Å²) in [5.74, 6) is 1.94. The SMILES string of the molecule is O=C(NCCSCc1ccco1)c1cc(S(=O)(=O)N2CCCC2)ccc1Cl. The van der Waals surface area contributed by atoms with E-state index in [2.05, 4.69) is 5.32 Å². The lowest BCUT2D eigenvalue weighted by Gasteiger charge is -2.16.